The highest BCUT2D eigenvalue weighted by Crippen LogP contribution is 2.56. The van der Waals surface area contributed by atoms with Crippen molar-refractivity contribution >= 4 is 33.8 Å². The van der Waals surface area contributed by atoms with E-state index in [2.05, 4.69) is 11.9 Å². The normalized spacial score (nSPS) is 15.8. The lowest BCUT2D eigenvalue weighted by molar-refractivity contribution is -0.111. The average molecular weight is 331 g/mol. The van der Waals surface area contributed by atoms with Crippen LogP contribution in [0.15, 0.2) is 59.3 Å². The van der Waals surface area contributed by atoms with Gasteiger partial charge >= 0.3 is 0 Å². The molecule has 0 atom stereocenters. The van der Waals surface area contributed by atoms with Gasteiger partial charge in [-0.3, -0.25) is 13.9 Å². The van der Waals surface area contributed by atoms with Gasteiger partial charge in [-0.1, -0.05) is 30.8 Å². The van der Waals surface area contributed by atoms with E-state index in [0.29, 0.717) is 16.1 Å². The summed E-state index contributed by atoms with van der Waals surface area (Å²) in [6.45, 7) is 3.63. The van der Waals surface area contributed by atoms with Crippen LogP contribution >= 0.6 is 10.6 Å². The summed E-state index contributed by atoms with van der Waals surface area (Å²) in [6, 6.07) is 10.7. The Morgan fingerprint density at radius 2 is 1.91 bits per heavy atom. The van der Waals surface area contributed by atoms with Crippen molar-refractivity contribution in [1.82, 2.24) is 0 Å². The fourth-order valence-electron chi connectivity index (χ4n) is 2.29. The molecule has 1 aliphatic heterocycles. The molecule has 0 spiro atoms. The first kappa shape index (κ1) is 15.5. The minimum absolute atomic E-state index is 0.00618. The minimum atomic E-state index is -2.96. The zero-order valence-electron chi connectivity index (χ0n) is 12.0. The van der Waals surface area contributed by atoms with Crippen molar-refractivity contribution < 1.29 is 18.3 Å². The molecule has 0 fully saturated rings. The highest BCUT2D eigenvalue weighted by molar-refractivity contribution is 8.27. The molecule has 0 radical (unpaired) electrons. The molecular weight excluding hydrogens is 317 g/mol. The highest BCUT2D eigenvalue weighted by Gasteiger charge is 2.22. The maximum atomic E-state index is 13.7. The molecule has 0 aliphatic carbocycles. The molecule has 0 aromatic heterocycles. The molecule has 1 amide bonds. The van der Waals surface area contributed by atoms with Crippen LogP contribution in [-0.2, 0) is 4.79 Å². The third-order valence-electron chi connectivity index (χ3n) is 3.51. The van der Waals surface area contributed by atoms with Crippen LogP contribution in [0.2, 0.25) is 0 Å². The van der Waals surface area contributed by atoms with Crippen LogP contribution in [0.4, 0.5) is 10.1 Å². The molecule has 0 saturated carbocycles. The van der Waals surface area contributed by atoms with Crippen molar-refractivity contribution in [3.63, 3.8) is 0 Å². The van der Waals surface area contributed by atoms with Crippen molar-refractivity contribution in [2.75, 3.05) is 5.32 Å². The van der Waals surface area contributed by atoms with E-state index in [9.17, 15) is 18.3 Å². The second-order valence-electron chi connectivity index (χ2n) is 5.06. The number of anilines is 1. The van der Waals surface area contributed by atoms with Crippen LogP contribution in [0.3, 0.4) is 0 Å². The van der Waals surface area contributed by atoms with Crippen molar-refractivity contribution in [3.8, 4) is 0 Å². The van der Waals surface area contributed by atoms with Gasteiger partial charge in [-0.15, -0.1) is 10.6 Å². The monoisotopic (exact) mass is 331 g/mol. The first-order valence-corrected chi connectivity index (χ1v) is 8.35. The van der Waals surface area contributed by atoms with Gasteiger partial charge in [0, 0.05) is 22.2 Å². The van der Waals surface area contributed by atoms with Crippen LogP contribution in [0.5, 0.6) is 0 Å². The summed E-state index contributed by atoms with van der Waals surface area (Å²) < 4.78 is 33.5. The molecule has 4 nitrogen and oxygen atoms in total. The molecule has 0 unspecified atom stereocenters. The lowest BCUT2D eigenvalue weighted by atomic mass is 10.1. The van der Waals surface area contributed by atoms with Gasteiger partial charge in [-0.25, -0.2) is 4.39 Å². The standard InChI is InChI=1S/C17H14FNO3S/c1-11(14-4-2-3-5-15(14)18)17(20)19-13-7-6-12-8-9-23(21,22)16(12)10-13/h2-10,21-22H,1H2,(H,19,20). The predicted octanol–water partition coefficient (Wildman–Crippen LogP) is 4.57. The van der Waals surface area contributed by atoms with Gasteiger partial charge < -0.3 is 5.32 Å². The van der Waals surface area contributed by atoms with Crippen LogP contribution in [0, 0.1) is 5.82 Å². The van der Waals surface area contributed by atoms with Crippen LogP contribution in [0.1, 0.15) is 11.1 Å². The van der Waals surface area contributed by atoms with E-state index < -0.39 is 22.3 Å². The van der Waals surface area contributed by atoms with Crippen LogP contribution in [0.25, 0.3) is 11.6 Å². The summed E-state index contributed by atoms with van der Waals surface area (Å²) in [4.78, 5) is 12.6. The van der Waals surface area contributed by atoms with Gasteiger partial charge in [0.05, 0.1) is 4.90 Å². The Balaban J connectivity index is 1.82. The van der Waals surface area contributed by atoms with Gasteiger partial charge in [0.25, 0.3) is 5.91 Å². The van der Waals surface area contributed by atoms with E-state index in [-0.39, 0.29) is 11.1 Å². The van der Waals surface area contributed by atoms with E-state index in [1.807, 2.05) is 0 Å². The van der Waals surface area contributed by atoms with Crippen LogP contribution < -0.4 is 5.32 Å². The Morgan fingerprint density at radius 1 is 1.17 bits per heavy atom. The molecule has 2 aromatic rings. The maximum Gasteiger partial charge on any atom is 0.255 e. The third-order valence-corrected chi connectivity index (χ3v) is 5.02. The number of fused-ring (bicyclic) bond motifs is 1. The van der Waals surface area contributed by atoms with E-state index >= 15 is 0 Å². The largest absolute Gasteiger partial charge is 0.322 e. The minimum Gasteiger partial charge on any atom is -0.322 e. The van der Waals surface area contributed by atoms with Crippen LogP contribution in [-0.4, -0.2) is 15.0 Å². The number of hydrogen-bond acceptors (Lipinski definition) is 3. The van der Waals surface area contributed by atoms with E-state index in [0.717, 1.165) is 0 Å². The fourth-order valence-corrected chi connectivity index (χ4v) is 3.55. The fraction of sp³-hybridized carbons (Fsp3) is 0. The molecule has 0 bridgehead atoms. The second-order valence-corrected chi connectivity index (χ2v) is 6.96. The van der Waals surface area contributed by atoms with Gasteiger partial charge in [0.2, 0.25) is 0 Å². The summed E-state index contributed by atoms with van der Waals surface area (Å²) in [7, 11) is -2.96. The van der Waals surface area contributed by atoms with Gasteiger partial charge in [-0.2, -0.15) is 0 Å². The van der Waals surface area contributed by atoms with Gasteiger partial charge in [0.1, 0.15) is 5.82 Å². The molecule has 23 heavy (non-hydrogen) atoms. The molecular formula is C17H14FNO3S. The number of carbonyl (C=O) groups is 1. The highest BCUT2D eigenvalue weighted by atomic mass is 32.3. The Morgan fingerprint density at radius 3 is 2.65 bits per heavy atom. The molecule has 3 rings (SSSR count). The van der Waals surface area contributed by atoms with E-state index in [4.69, 9.17) is 0 Å². The molecule has 6 heteroatoms. The van der Waals surface area contributed by atoms with Gasteiger partial charge in [-0.05, 0) is 29.8 Å². The number of carbonyl (C=O) groups excluding carboxylic acids is 1. The quantitative estimate of drug-likeness (QED) is 0.722. The van der Waals surface area contributed by atoms with Crippen molar-refractivity contribution in [1.29, 1.82) is 0 Å². The summed E-state index contributed by atoms with van der Waals surface area (Å²) in [6.07, 6.45) is 1.62. The SMILES string of the molecule is C=C(C(=O)Nc1ccc2c(c1)S(O)(O)C=C2)c1ccccc1F. The summed E-state index contributed by atoms with van der Waals surface area (Å²) in [5.74, 6) is -1.09. The average Bonchev–Trinajstić information content (AvgIpc) is 2.82. The number of amides is 1. The number of halogens is 1. The molecule has 0 saturated heterocycles. The van der Waals surface area contributed by atoms with Crippen molar-refractivity contribution in [2.24, 2.45) is 0 Å². The van der Waals surface area contributed by atoms with Crippen molar-refractivity contribution in [2.45, 2.75) is 4.90 Å². The number of nitrogens with one attached hydrogen (secondary N) is 1. The Hall–Kier alpha value is -2.41. The Kier molecular flexibility index (Phi) is 3.81. The summed E-state index contributed by atoms with van der Waals surface area (Å²) in [5, 5.41) is 3.93. The summed E-state index contributed by atoms with van der Waals surface area (Å²) >= 11 is 0. The molecule has 3 N–H and O–H groups in total. The second kappa shape index (κ2) is 5.66. The lowest BCUT2D eigenvalue weighted by Crippen LogP contribution is -2.14. The van der Waals surface area contributed by atoms with Crippen molar-refractivity contribution in [3.05, 3.63) is 71.4 Å². The zero-order valence-corrected chi connectivity index (χ0v) is 12.8. The number of benzene rings is 2. The lowest BCUT2D eigenvalue weighted by Gasteiger charge is -2.25. The zero-order chi connectivity index (χ0) is 16.6. The molecule has 118 valence electrons. The maximum absolute atomic E-state index is 13.7. The summed E-state index contributed by atoms with van der Waals surface area (Å²) in [5.41, 5.74) is 1.19. The van der Waals surface area contributed by atoms with E-state index in [1.54, 1.807) is 24.3 Å². The Labute approximate surface area is 134 Å². The van der Waals surface area contributed by atoms with E-state index in [1.165, 1.54) is 29.7 Å². The first-order chi connectivity index (χ1) is 10.9. The molecule has 1 aliphatic rings. The number of hydrogen-bond donors (Lipinski definition) is 3. The topological polar surface area (TPSA) is 69.6 Å². The Bertz CT molecular complexity index is 845. The number of rotatable bonds is 3. The predicted molar refractivity (Wildman–Crippen MR) is 90.7 cm³/mol. The smallest absolute Gasteiger partial charge is 0.255 e. The third kappa shape index (κ3) is 2.92. The van der Waals surface area contributed by atoms with Gasteiger partial charge in [0.15, 0.2) is 0 Å². The molecule has 1 heterocycles. The first-order valence-electron chi connectivity index (χ1n) is 6.74. The molecule has 2 aromatic carbocycles.